The lowest BCUT2D eigenvalue weighted by molar-refractivity contribution is 0.0933. The van der Waals surface area contributed by atoms with Crippen molar-refractivity contribution in [2.75, 3.05) is 20.4 Å². The number of nitrogens with zero attached hydrogens (tertiary/aromatic N) is 5. The number of nitrogens with one attached hydrogen (secondary N) is 1. The van der Waals surface area contributed by atoms with Crippen LogP contribution in [-0.4, -0.2) is 57.3 Å². The zero-order valence-electron chi connectivity index (χ0n) is 15.6. The number of ether oxygens (including phenoxy) is 2. The molecule has 1 amide bonds. The normalized spacial score (nSPS) is 20.7. The highest BCUT2D eigenvalue weighted by Gasteiger charge is 2.35. The smallest absolute Gasteiger partial charge is 0.271 e. The van der Waals surface area contributed by atoms with E-state index in [0.29, 0.717) is 41.9 Å². The van der Waals surface area contributed by atoms with Crippen LogP contribution >= 0.6 is 0 Å². The number of carbonyl (C=O) groups is 1. The quantitative estimate of drug-likeness (QED) is 0.701. The van der Waals surface area contributed by atoms with Gasteiger partial charge in [0, 0.05) is 30.5 Å². The highest BCUT2D eigenvalue weighted by molar-refractivity contribution is 5.92. The number of benzene rings is 1. The van der Waals surface area contributed by atoms with E-state index in [9.17, 15) is 4.79 Å². The maximum Gasteiger partial charge on any atom is 0.271 e. The van der Waals surface area contributed by atoms with Gasteiger partial charge in [0.2, 0.25) is 18.5 Å². The molecule has 0 spiro atoms. The molecule has 1 aromatic carbocycles. The zero-order chi connectivity index (χ0) is 19.8. The van der Waals surface area contributed by atoms with Crippen molar-refractivity contribution in [3.05, 3.63) is 48.4 Å². The predicted octanol–water partition coefficient (Wildman–Crippen LogP) is 1.43. The topological polar surface area (TPSA) is 116 Å². The molecular formula is C19H18N6O4. The molecular weight excluding hydrogens is 376 g/mol. The van der Waals surface area contributed by atoms with Gasteiger partial charge in [0.15, 0.2) is 11.5 Å². The standard InChI is InChI=1S/C19H18N6O4/c1-25-9-12(22-18(26)13-8-20-4-5-21-13)7-14(25)19-23-17(24-29-19)11-2-3-15-16(6-11)28-10-27-15/h2-6,8,12,14H,7,9-10H2,1H3,(H,22,26)/t12-,14-/m0/s1. The molecule has 2 aromatic heterocycles. The molecule has 10 nitrogen and oxygen atoms in total. The fraction of sp³-hybridized carbons (Fsp3) is 0.316. The number of likely N-dealkylation sites (tertiary alicyclic amines) is 1. The van der Waals surface area contributed by atoms with E-state index in [0.717, 1.165) is 5.56 Å². The van der Waals surface area contributed by atoms with Crippen LogP contribution < -0.4 is 14.8 Å². The Balaban J connectivity index is 1.29. The van der Waals surface area contributed by atoms with Crippen LogP contribution in [0, 0.1) is 0 Å². The zero-order valence-corrected chi connectivity index (χ0v) is 15.6. The van der Waals surface area contributed by atoms with Crippen molar-refractivity contribution in [2.45, 2.75) is 18.5 Å². The summed E-state index contributed by atoms with van der Waals surface area (Å²) < 4.78 is 16.3. The summed E-state index contributed by atoms with van der Waals surface area (Å²) >= 11 is 0. The third-order valence-corrected chi connectivity index (χ3v) is 5.04. The van der Waals surface area contributed by atoms with Crippen molar-refractivity contribution < 1.29 is 18.8 Å². The van der Waals surface area contributed by atoms with Crippen molar-refractivity contribution in [1.82, 2.24) is 30.3 Å². The van der Waals surface area contributed by atoms with E-state index >= 15 is 0 Å². The lowest BCUT2D eigenvalue weighted by Gasteiger charge is -2.14. The van der Waals surface area contributed by atoms with Crippen molar-refractivity contribution in [3.63, 3.8) is 0 Å². The van der Waals surface area contributed by atoms with Gasteiger partial charge in [-0.3, -0.25) is 14.7 Å². The van der Waals surface area contributed by atoms with Crippen molar-refractivity contribution in [2.24, 2.45) is 0 Å². The molecule has 10 heteroatoms. The average Bonchev–Trinajstić information content (AvgIpc) is 3.47. The SMILES string of the molecule is CN1C[C@@H](NC(=O)c2cnccn2)C[C@H]1c1nc(-c2ccc3c(c2)OCO3)no1. The van der Waals surface area contributed by atoms with E-state index < -0.39 is 0 Å². The van der Waals surface area contributed by atoms with E-state index in [1.807, 2.05) is 25.2 Å². The van der Waals surface area contributed by atoms with Crippen molar-refractivity contribution in [3.8, 4) is 22.9 Å². The van der Waals surface area contributed by atoms with Crippen LogP contribution in [0.3, 0.4) is 0 Å². The summed E-state index contributed by atoms with van der Waals surface area (Å²) in [5.41, 5.74) is 1.08. The first-order valence-corrected chi connectivity index (χ1v) is 9.18. The molecule has 1 saturated heterocycles. The first-order valence-electron chi connectivity index (χ1n) is 9.18. The van der Waals surface area contributed by atoms with Gasteiger partial charge < -0.3 is 19.3 Å². The lowest BCUT2D eigenvalue weighted by Crippen LogP contribution is -2.36. The number of hydrogen-bond donors (Lipinski definition) is 1. The van der Waals surface area contributed by atoms with Gasteiger partial charge in [-0.15, -0.1) is 0 Å². The number of aromatic nitrogens is 4. The van der Waals surface area contributed by atoms with Crippen LogP contribution in [0.25, 0.3) is 11.4 Å². The van der Waals surface area contributed by atoms with E-state index in [1.54, 1.807) is 0 Å². The maximum absolute atomic E-state index is 12.3. The molecule has 5 rings (SSSR count). The number of hydrogen-bond acceptors (Lipinski definition) is 9. The van der Waals surface area contributed by atoms with E-state index in [1.165, 1.54) is 18.6 Å². The molecule has 0 radical (unpaired) electrons. The molecule has 0 saturated carbocycles. The highest BCUT2D eigenvalue weighted by Crippen LogP contribution is 2.36. The molecule has 1 N–H and O–H groups in total. The molecule has 29 heavy (non-hydrogen) atoms. The Morgan fingerprint density at radius 1 is 1.24 bits per heavy atom. The van der Waals surface area contributed by atoms with Crippen LogP contribution in [0.5, 0.6) is 11.5 Å². The first-order chi connectivity index (χ1) is 14.2. The Labute approximate surface area is 165 Å². The molecule has 4 heterocycles. The predicted molar refractivity (Wildman–Crippen MR) is 99.1 cm³/mol. The first kappa shape index (κ1) is 17.6. The largest absolute Gasteiger partial charge is 0.454 e. The lowest BCUT2D eigenvalue weighted by atomic mass is 10.1. The molecule has 0 bridgehead atoms. The van der Waals surface area contributed by atoms with Crippen molar-refractivity contribution in [1.29, 1.82) is 0 Å². The second kappa shape index (κ2) is 7.13. The van der Waals surface area contributed by atoms with Gasteiger partial charge in [-0.2, -0.15) is 4.98 Å². The number of carbonyl (C=O) groups excluding carboxylic acids is 1. The Morgan fingerprint density at radius 2 is 2.14 bits per heavy atom. The molecule has 2 atom stereocenters. The summed E-state index contributed by atoms with van der Waals surface area (Å²) in [6.07, 6.45) is 5.13. The van der Waals surface area contributed by atoms with Crippen molar-refractivity contribution >= 4 is 5.91 Å². The average molecular weight is 394 g/mol. The van der Waals surface area contributed by atoms with Crippen LogP contribution in [0.4, 0.5) is 0 Å². The van der Waals surface area contributed by atoms with Crippen LogP contribution in [0.15, 0.2) is 41.3 Å². The molecule has 1 fully saturated rings. The fourth-order valence-electron chi connectivity index (χ4n) is 3.59. The molecule has 0 unspecified atom stereocenters. The minimum absolute atomic E-state index is 0.0552. The molecule has 3 aromatic rings. The maximum atomic E-state index is 12.3. The van der Waals surface area contributed by atoms with Gasteiger partial charge in [-0.05, 0) is 31.7 Å². The number of likely N-dealkylation sites (N-methyl/N-ethyl adjacent to an activating group) is 1. The molecule has 148 valence electrons. The Hall–Kier alpha value is -3.53. The van der Waals surface area contributed by atoms with Gasteiger partial charge in [0.25, 0.3) is 5.91 Å². The van der Waals surface area contributed by atoms with E-state index in [4.69, 9.17) is 14.0 Å². The monoisotopic (exact) mass is 394 g/mol. The summed E-state index contributed by atoms with van der Waals surface area (Å²) in [6, 6.07) is 5.38. The Bertz CT molecular complexity index is 1040. The molecule has 0 aliphatic carbocycles. The third kappa shape index (κ3) is 3.38. The van der Waals surface area contributed by atoms with Gasteiger partial charge >= 0.3 is 0 Å². The molecule has 2 aliphatic rings. The van der Waals surface area contributed by atoms with Crippen LogP contribution in [-0.2, 0) is 0 Å². The minimum Gasteiger partial charge on any atom is -0.454 e. The summed E-state index contributed by atoms with van der Waals surface area (Å²) in [6.45, 7) is 0.878. The van der Waals surface area contributed by atoms with E-state index in [2.05, 4.69) is 30.3 Å². The molecule has 2 aliphatic heterocycles. The summed E-state index contributed by atoms with van der Waals surface area (Å²) in [7, 11) is 1.96. The van der Waals surface area contributed by atoms with Gasteiger partial charge in [0.1, 0.15) is 5.69 Å². The summed E-state index contributed by atoms with van der Waals surface area (Å²) in [5, 5.41) is 7.10. The van der Waals surface area contributed by atoms with Crippen LogP contribution in [0.1, 0.15) is 28.8 Å². The fourth-order valence-corrected chi connectivity index (χ4v) is 3.59. The van der Waals surface area contributed by atoms with Crippen LogP contribution in [0.2, 0.25) is 0 Å². The van der Waals surface area contributed by atoms with Gasteiger partial charge in [-0.25, -0.2) is 4.98 Å². The highest BCUT2D eigenvalue weighted by atomic mass is 16.7. The van der Waals surface area contributed by atoms with Gasteiger partial charge in [0.05, 0.1) is 12.2 Å². The minimum atomic E-state index is -0.247. The number of fused-ring (bicyclic) bond motifs is 1. The summed E-state index contributed by atoms with van der Waals surface area (Å²) in [5.74, 6) is 2.12. The van der Waals surface area contributed by atoms with E-state index in [-0.39, 0.29) is 24.8 Å². The number of amides is 1. The van der Waals surface area contributed by atoms with Gasteiger partial charge in [-0.1, -0.05) is 5.16 Å². The number of rotatable bonds is 4. The second-order valence-electron chi connectivity index (χ2n) is 6.98. The third-order valence-electron chi connectivity index (χ3n) is 5.04. The Kier molecular flexibility index (Phi) is 4.32. The summed E-state index contributed by atoms with van der Waals surface area (Å²) in [4.78, 5) is 26.9. The second-order valence-corrected chi connectivity index (χ2v) is 6.98. The Morgan fingerprint density at radius 3 is 3.00 bits per heavy atom.